The van der Waals surface area contributed by atoms with Crippen molar-refractivity contribution in [3.8, 4) is 0 Å². The van der Waals surface area contributed by atoms with E-state index in [4.69, 9.17) is 25.9 Å². The third kappa shape index (κ3) is 19.8. The SMILES string of the molecule is CC(C)(OCCC[Si](C)(O[Si](C)(C)C)O[Si](C)(C)C)C(=O)c1ccc(CCCOCCC[Si](C)(O[Si](C)(C)C)O[Si](C)(C)C)cc1. The summed E-state index contributed by atoms with van der Waals surface area (Å²) in [5.74, 6) is 0.00542. The second-order valence-corrected chi connectivity index (χ2v) is 43.1. The van der Waals surface area contributed by atoms with Gasteiger partial charge in [0.1, 0.15) is 5.60 Å². The molecular formula is C33H70O7Si6. The third-order valence-electron chi connectivity index (χ3n) is 6.76. The number of carbonyl (C=O) groups is 1. The predicted octanol–water partition coefficient (Wildman–Crippen LogP) is 9.94. The number of aryl methyl sites for hydroxylation is 1. The predicted molar refractivity (Wildman–Crippen MR) is 210 cm³/mol. The van der Waals surface area contributed by atoms with Gasteiger partial charge < -0.3 is 25.9 Å². The molecule has 1 aromatic rings. The molecule has 0 unspecified atom stereocenters. The van der Waals surface area contributed by atoms with Crippen molar-refractivity contribution in [2.75, 3.05) is 19.8 Å². The van der Waals surface area contributed by atoms with Crippen molar-refractivity contribution in [3.05, 3.63) is 35.4 Å². The maximum absolute atomic E-state index is 13.3. The summed E-state index contributed by atoms with van der Waals surface area (Å²) in [7, 11) is -11.3. The van der Waals surface area contributed by atoms with Crippen LogP contribution in [-0.4, -0.2) is 81.6 Å². The highest BCUT2D eigenvalue weighted by Gasteiger charge is 2.41. The zero-order chi connectivity index (χ0) is 35.7. The lowest BCUT2D eigenvalue weighted by Crippen LogP contribution is -2.52. The Balaban J connectivity index is 2.53. The number of rotatable bonds is 23. The molecule has 0 radical (unpaired) electrons. The average molecular weight is 747 g/mol. The van der Waals surface area contributed by atoms with Gasteiger partial charge in [0.25, 0.3) is 0 Å². The first-order valence-electron chi connectivity index (χ1n) is 17.3. The number of Topliss-reactive ketones (excluding diaryl/α,β-unsaturated/α-hetero) is 1. The summed E-state index contributed by atoms with van der Waals surface area (Å²) in [6.07, 6.45) is 3.64. The highest BCUT2D eigenvalue weighted by molar-refractivity contribution is 6.88. The lowest BCUT2D eigenvalue weighted by Gasteiger charge is -2.38. The number of hydrogen-bond donors (Lipinski definition) is 0. The van der Waals surface area contributed by atoms with Gasteiger partial charge >= 0.3 is 17.1 Å². The number of carbonyl (C=O) groups excluding carboxylic acids is 1. The Morgan fingerprint density at radius 1 is 0.565 bits per heavy atom. The molecular weight excluding hydrogens is 677 g/mol. The molecule has 46 heavy (non-hydrogen) atoms. The largest absolute Gasteiger partial charge is 0.437 e. The van der Waals surface area contributed by atoms with Gasteiger partial charge in [-0.2, -0.15) is 0 Å². The normalized spacial score (nSPS) is 14.2. The van der Waals surface area contributed by atoms with Crippen molar-refractivity contribution in [3.63, 3.8) is 0 Å². The van der Waals surface area contributed by atoms with Crippen LogP contribution in [0.3, 0.4) is 0 Å². The minimum atomic E-state index is -2.32. The molecule has 0 aliphatic heterocycles. The molecule has 268 valence electrons. The Morgan fingerprint density at radius 3 is 1.33 bits per heavy atom. The molecule has 0 spiro atoms. The van der Waals surface area contributed by atoms with Crippen molar-refractivity contribution < 1.29 is 30.7 Å². The van der Waals surface area contributed by atoms with Crippen molar-refractivity contribution in [2.24, 2.45) is 0 Å². The second-order valence-electron chi connectivity index (χ2n) is 17.4. The Kier molecular flexibility index (Phi) is 17.0. The topological polar surface area (TPSA) is 72.5 Å². The lowest BCUT2D eigenvalue weighted by molar-refractivity contribution is -0.00451. The van der Waals surface area contributed by atoms with Crippen LogP contribution in [-0.2, 0) is 32.4 Å². The number of benzene rings is 1. The van der Waals surface area contributed by atoms with E-state index in [9.17, 15) is 4.79 Å². The average Bonchev–Trinajstić information content (AvgIpc) is 2.81. The van der Waals surface area contributed by atoms with E-state index in [-0.39, 0.29) is 5.78 Å². The summed E-state index contributed by atoms with van der Waals surface area (Å²) in [6, 6.07) is 9.81. The fourth-order valence-electron chi connectivity index (χ4n) is 5.77. The first-order chi connectivity index (χ1) is 20.6. The minimum Gasteiger partial charge on any atom is -0.437 e. The maximum Gasteiger partial charge on any atom is 0.314 e. The molecule has 0 atom stereocenters. The zero-order valence-electron chi connectivity index (χ0n) is 32.5. The van der Waals surface area contributed by atoms with Gasteiger partial charge in [0, 0.05) is 25.4 Å². The fraction of sp³-hybridized carbons (Fsp3) is 0.788. The number of ketones is 1. The van der Waals surface area contributed by atoms with E-state index in [1.165, 1.54) is 5.56 Å². The van der Waals surface area contributed by atoms with Crippen LogP contribution in [0.4, 0.5) is 0 Å². The van der Waals surface area contributed by atoms with Gasteiger partial charge in [0.05, 0.1) is 0 Å². The minimum absolute atomic E-state index is 0.00542. The van der Waals surface area contributed by atoms with E-state index in [0.29, 0.717) is 12.2 Å². The molecule has 0 fully saturated rings. The molecule has 7 nitrogen and oxygen atoms in total. The first kappa shape index (κ1) is 44.0. The van der Waals surface area contributed by atoms with Crippen LogP contribution in [0, 0.1) is 0 Å². The van der Waals surface area contributed by atoms with Crippen LogP contribution in [0.5, 0.6) is 0 Å². The van der Waals surface area contributed by atoms with E-state index >= 15 is 0 Å². The molecule has 0 bridgehead atoms. The molecule has 1 aromatic carbocycles. The molecule has 0 amide bonds. The Labute approximate surface area is 289 Å². The van der Waals surface area contributed by atoms with Crippen LogP contribution >= 0.6 is 0 Å². The zero-order valence-corrected chi connectivity index (χ0v) is 38.5. The Morgan fingerprint density at radius 2 is 0.935 bits per heavy atom. The van der Waals surface area contributed by atoms with Gasteiger partial charge in [-0.15, -0.1) is 0 Å². The second kappa shape index (κ2) is 17.7. The number of hydrogen-bond acceptors (Lipinski definition) is 7. The quantitative estimate of drug-likeness (QED) is 0.0627. The summed E-state index contributed by atoms with van der Waals surface area (Å²) >= 11 is 0. The van der Waals surface area contributed by atoms with Gasteiger partial charge in [-0.1, -0.05) is 24.3 Å². The van der Waals surface area contributed by atoms with Crippen LogP contribution in [0.1, 0.15) is 49.0 Å². The standard InChI is InChI=1S/C33H70O7Si6/c1-33(2,36-27-19-29-46(16,39-43(9,10)11)40-44(12,13)14)32(34)31-23-21-30(22-24-31)20-17-25-35-26-18-28-45(15,37-41(3,4)5)38-42(6,7)8/h21-24H,17-20,25-29H2,1-16H3. The van der Waals surface area contributed by atoms with Gasteiger partial charge in [0.15, 0.2) is 39.1 Å². The van der Waals surface area contributed by atoms with Crippen molar-refractivity contribution >= 4 is 56.2 Å². The molecule has 1 rings (SSSR count). The summed E-state index contributed by atoms with van der Waals surface area (Å²) in [5.41, 5.74) is 0.993. The molecule has 0 aliphatic rings. The van der Waals surface area contributed by atoms with E-state index < -0.39 is 56.0 Å². The molecule has 0 heterocycles. The molecule has 0 aliphatic carbocycles. The molecule has 0 aromatic heterocycles. The summed E-state index contributed by atoms with van der Waals surface area (Å²) < 4.78 is 38.6. The summed E-state index contributed by atoms with van der Waals surface area (Å²) in [4.78, 5) is 13.3. The summed E-state index contributed by atoms with van der Waals surface area (Å²) in [6.45, 7) is 36.9. The van der Waals surface area contributed by atoms with Crippen LogP contribution in [0.2, 0.25) is 104 Å². The Hall–Kier alpha value is -0.0487. The van der Waals surface area contributed by atoms with Crippen molar-refractivity contribution in [2.45, 2.75) is 149 Å². The maximum atomic E-state index is 13.3. The van der Waals surface area contributed by atoms with Gasteiger partial charge in [-0.25, -0.2) is 0 Å². The van der Waals surface area contributed by atoms with Crippen molar-refractivity contribution in [1.82, 2.24) is 0 Å². The van der Waals surface area contributed by atoms with Crippen molar-refractivity contribution in [1.29, 1.82) is 0 Å². The molecule has 0 N–H and O–H groups in total. The smallest absolute Gasteiger partial charge is 0.314 e. The van der Waals surface area contributed by atoms with Gasteiger partial charge in [-0.05, 0) is 149 Å². The monoisotopic (exact) mass is 746 g/mol. The highest BCUT2D eigenvalue weighted by atomic mass is 28.5. The van der Waals surface area contributed by atoms with E-state index in [1.807, 2.05) is 26.0 Å². The number of ether oxygens (including phenoxy) is 2. The van der Waals surface area contributed by atoms with Crippen LogP contribution < -0.4 is 0 Å². The van der Waals surface area contributed by atoms with E-state index in [0.717, 1.165) is 51.0 Å². The van der Waals surface area contributed by atoms with Crippen LogP contribution in [0.25, 0.3) is 0 Å². The first-order valence-corrected chi connectivity index (χ1v) is 36.0. The molecule has 13 heteroatoms. The van der Waals surface area contributed by atoms with Gasteiger partial charge in [-0.3, -0.25) is 4.79 Å². The van der Waals surface area contributed by atoms with Gasteiger partial charge in [0.2, 0.25) is 0 Å². The van der Waals surface area contributed by atoms with E-state index in [1.54, 1.807) is 0 Å². The lowest BCUT2D eigenvalue weighted by atomic mass is 9.95. The van der Waals surface area contributed by atoms with Crippen LogP contribution in [0.15, 0.2) is 24.3 Å². The molecule has 0 saturated carbocycles. The molecule has 0 saturated heterocycles. The fourth-order valence-corrected chi connectivity index (χ4v) is 30.8. The third-order valence-corrected chi connectivity index (χ3v) is 26.0. The Bertz CT molecular complexity index is 1020. The highest BCUT2D eigenvalue weighted by Crippen LogP contribution is 2.27. The van der Waals surface area contributed by atoms with E-state index in [2.05, 4.69) is 104 Å². The summed E-state index contributed by atoms with van der Waals surface area (Å²) in [5, 5.41) is 0.